The molecule has 0 fully saturated rings. The molecule has 4 aromatic heterocycles. The molecular weight excluding hydrogens is 354 g/mol. The topological polar surface area (TPSA) is 83.4 Å². The van der Waals surface area contributed by atoms with Crippen LogP contribution in [0.1, 0.15) is 5.69 Å². The number of fused-ring (bicyclic) bond motifs is 3. The molecular formula is C20H17N7O. The van der Waals surface area contributed by atoms with Gasteiger partial charge in [0.25, 0.3) is 0 Å². The maximum atomic E-state index is 13.1. The van der Waals surface area contributed by atoms with E-state index in [4.69, 9.17) is 0 Å². The first-order chi connectivity index (χ1) is 13.5. The van der Waals surface area contributed by atoms with E-state index < -0.39 is 0 Å². The summed E-state index contributed by atoms with van der Waals surface area (Å²) in [6.45, 7) is 1.90. The van der Waals surface area contributed by atoms with E-state index in [9.17, 15) is 4.79 Å². The van der Waals surface area contributed by atoms with Crippen molar-refractivity contribution in [3.63, 3.8) is 0 Å². The highest BCUT2D eigenvalue weighted by atomic mass is 16.1. The number of benzene rings is 1. The Bertz CT molecular complexity index is 1410. The highest BCUT2D eigenvalue weighted by Gasteiger charge is 2.19. The molecule has 0 amide bonds. The lowest BCUT2D eigenvalue weighted by Crippen LogP contribution is -2.21. The number of pyridine rings is 1. The third kappa shape index (κ3) is 2.27. The summed E-state index contributed by atoms with van der Waals surface area (Å²) in [4.78, 5) is 25.9. The monoisotopic (exact) mass is 371 g/mol. The number of hydrogen-bond donors (Lipinski definition) is 0. The molecule has 8 nitrogen and oxygen atoms in total. The van der Waals surface area contributed by atoms with Crippen molar-refractivity contribution in [2.75, 3.05) is 0 Å². The van der Waals surface area contributed by atoms with Crippen molar-refractivity contribution in [1.82, 2.24) is 33.9 Å². The van der Waals surface area contributed by atoms with Crippen LogP contribution in [0.4, 0.5) is 0 Å². The zero-order chi connectivity index (χ0) is 19.4. The Kier molecular flexibility index (Phi) is 3.42. The van der Waals surface area contributed by atoms with Gasteiger partial charge in [0.1, 0.15) is 6.33 Å². The Hall–Kier alpha value is -3.81. The molecule has 0 bridgehead atoms. The van der Waals surface area contributed by atoms with Gasteiger partial charge in [-0.1, -0.05) is 6.07 Å². The molecule has 0 saturated heterocycles. The number of hydrogen-bond acceptors (Lipinski definition) is 5. The van der Waals surface area contributed by atoms with Crippen molar-refractivity contribution in [3.05, 3.63) is 65.5 Å². The van der Waals surface area contributed by atoms with Gasteiger partial charge in [0.2, 0.25) is 0 Å². The van der Waals surface area contributed by atoms with E-state index in [2.05, 4.69) is 20.1 Å². The Labute approximate surface area is 159 Å². The van der Waals surface area contributed by atoms with Gasteiger partial charge < -0.3 is 0 Å². The molecule has 28 heavy (non-hydrogen) atoms. The molecule has 0 aliphatic rings. The van der Waals surface area contributed by atoms with Crippen LogP contribution < -0.4 is 5.69 Å². The van der Waals surface area contributed by atoms with E-state index in [1.54, 1.807) is 39.5 Å². The summed E-state index contributed by atoms with van der Waals surface area (Å²) < 4.78 is 5.05. The van der Waals surface area contributed by atoms with Gasteiger partial charge in [-0.15, -0.1) is 0 Å². The predicted molar refractivity (Wildman–Crippen MR) is 106 cm³/mol. The smallest absolute Gasteiger partial charge is 0.293 e. The summed E-state index contributed by atoms with van der Waals surface area (Å²) >= 11 is 0. The van der Waals surface area contributed by atoms with Crippen LogP contribution in [-0.2, 0) is 14.1 Å². The number of aryl methyl sites for hydroxylation is 3. The van der Waals surface area contributed by atoms with Crippen molar-refractivity contribution in [2.45, 2.75) is 6.92 Å². The molecule has 0 radical (unpaired) electrons. The second-order valence-electron chi connectivity index (χ2n) is 6.80. The fraction of sp³-hybridized carbons (Fsp3) is 0.150. The van der Waals surface area contributed by atoms with Gasteiger partial charge in [-0.25, -0.2) is 14.8 Å². The summed E-state index contributed by atoms with van der Waals surface area (Å²) in [5.74, 6) is 0. The first kappa shape index (κ1) is 16.4. The third-order valence-corrected chi connectivity index (χ3v) is 5.01. The lowest BCUT2D eigenvalue weighted by Gasteiger charge is -2.07. The molecule has 0 aliphatic carbocycles. The molecule has 0 spiro atoms. The van der Waals surface area contributed by atoms with Crippen molar-refractivity contribution in [1.29, 1.82) is 0 Å². The van der Waals surface area contributed by atoms with E-state index >= 15 is 0 Å². The van der Waals surface area contributed by atoms with Gasteiger partial charge in [-0.2, -0.15) is 5.10 Å². The normalized spacial score (nSPS) is 11.5. The van der Waals surface area contributed by atoms with Crippen LogP contribution in [0.15, 0.2) is 54.1 Å². The first-order valence-electron chi connectivity index (χ1n) is 8.81. The fourth-order valence-electron chi connectivity index (χ4n) is 3.66. The number of nitrogens with zero attached hydrogens (tertiary/aromatic N) is 7. The SMILES string of the molecule is Cc1nn(C)cc1-n1c(=O)n(C)c2cnc3ccc(-c4cncnc4)cc3c21. The number of aromatic nitrogens is 7. The van der Waals surface area contributed by atoms with E-state index in [0.29, 0.717) is 0 Å². The number of rotatable bonds is 2. The third-order valence-electron chi connectivity index (χ3n) is 5.01. The summed E-state index contributed by atoms with van der Waals surface area (Å²) in [6.07, 6.45) is 8.64. The van der Waals surface area contributed by atoms with E-state index in [1.807, 2.05) is 38.4 Å². The molecule has 5 rings (SSSR count). The van der Waals surface area contributed by atoms with Crippen molar-refractivity contribution < 1.29 is 0 Å². The van der Waals surface area contributed by atoms with Crippen LogP contribution in [0.2, 0.25) is 0 Å². The predicted octanol–water partition coefficient (Wildman–Crippen LogP) is 2.38. The minimum atomic E-state index is -0.131. The zero-order valence-electron chi connectivity index (χ0n) is 15.7. The van der Waals surface area contributed by atoms with Gasteiger partial charge in [0.05, 0.1) is 34.1 Å². The van der Waals surface area contributed by atoms with E-state index in [1.165, 1.54) is 6.33 Å². The van der Waals surface area contributed by atoms with Crippen LogP contribution in [0.3, 0.4) is 0 Å². The summed E-state index contributed by atoms with van der Waals surface area (Å²) in [5.41, 5.74) is 5.68. The van der Waals surface area contributed by atoms with Crippen LogP contribution in [0.5, 0.6) is 0 Å². The molecule has 0 saturated carbocycles. The van der Waals surface area contributed by atoms with E-state index in [0.717, 1.165) is 44.4 Å². The summed E-state index contributed by atoms with van der Waals surface area (Å²) in [5, 5.41) is 5.29. The second kappa shape index (κ2) is 5.85. The van der Waals surface area contributed by atoms with Crippen LogP contribution in [0.25, 0.3) is 38.8 Å². The molecule has 0 N–H and O–H groups in total. The quantitative estimate of drug-likeness (QED) is 0.476. The van der Waals surface area contributed by atoms with Crippen LogP contribution in [-0.4, -0.2) is 33.9 Å². The van der Waals surface area contributed by atoms with E-state index in [-0.39, 0.29) is 5.69 Å². The standard InChI is InChI=1S/C20H17N7O/c1-12-18(10-25(2)24-12)27-19-15-6-13(14-7-21-11-22-8-14)4-5-16(15)23-9-17(19)26(3)20(27)28/h4-11H,1-3H3. The fourth-order valence-corrected chi connectivity index (χ4v) is 3.66. The molecule has 0 unspecified atom stereocenters. The lowest BCUT2D eigenvalue weighted by atomic mass is 10.1. The zero-order valence-corrected chi connectivity index (χ0v) is 15.7. The maximum absolute atomic E-state index is 13.1. The molecule has 0 aliphatic heterocycles. The highest BCUT2D eigenvalue weighted by Crippen LogP contribution is 2.29. The van der Waals surface area contributed by atoms with Gasteiger partial charge in [-0.3, -0.25) is 18.8 Å². The Balaban J connectivity index is 1.92. The summed E-state index contributed by atoms with van der Waals surface area (Å²) in [7, 11) is 3.61. The molecule has 5 aromatic rings. The Morgan fingerprint density at radius 1 is 1.00 bits per heavy atom. The molecule has 8 heteroatoms. The number of imidazole rings is 1. The first-order valence-corrected chi connectivity index (χ1v) is 8.81. The average Bonchev–Trinajstić information content (AvgIpc) is 3.17. The van der Waals surface area contributed by atoms with Gasteiger partial charge >= 0.3 is 5.69 Å². The maximum Gasteiger partial charge on any atom is 0.333 e. The molecule has 0 atom stereocenters. The minimum absolute atomic E-state index is 0.131. The van der Waals surface area contributed by atoms with Crippen LogP contribution >= 0.6 is 0 Å². The Morgan fingerprint density at radius 2 is 1.79 bits per heavy atom. The molecule has 138 valence electrons. The largest absolute Gasteiger partial charge is 0.333 e. The average molecular weight is 371 g/mol. The van der Waals surface area contributed by atoms with Crippen molar-refractivity contribution in [3.8, 4) is 16.8 Å². The molecule has 4 heterocycles. The minimum Gasteiger partial charge on any atom is -0.293 e. The second-order valence-corrected chi connectivity index (χ2v) is 6.80. The van der Waals surface area contributed by atoms with Gasteiger partial charge in [0, 0.05) is 43.6 Å². The van der Waals surface area contributed by atoms with Crippen LogP contribution in [0, 0.1) is 6.92 Å². The Morgan fingerprint density at radius 3 is 2.50 bits per heavy atom. The van der Waals surface area contributed by atoms with Crippen molar-refractivity contribution in [2.24, 2.45) is 14.1 Å². The molecule has 1 aromatic carbocycles. The lowest BCUT2D eigenvalue weighted by molar-refractivity contribution is 0.756. The van der Waals surface area contributed by atoms with Crippen molar-refractivity contribution >= 4 is 21.9 Å². The highest BCUT2D eigenvalue weighted by molar-refractivity contribution is 6.04. The van der Waals surface area contributed by atoms with Gasteiger partial charge in [0.15, 0.2) is 0 Å². The van der Waals surface area contributed by atoms with Gasteiger partial charge in [-0.05, 0) is 24.6 Å². The summed E-state index contributed by atoms with van der Waals surface area (Å²) in [6, 6.07) is 5.97.